The van der Waals surface area contributed by atoms with Crippen LogP contribution in [0.25, 0.3) is 11.1 Å². The second-order valence-corrected chi connectivity index (χ2v) is 11.2. The fourth-order valence-corrected chi connectivity index (χ4v) is 6.64. The van der Waals surface area contributed by atoms with Crippen molar-refractivity contribution < 1.29 is 23.8 Å². The molecular weight excluding hydrogens is 522 g/mol. The first-order valence-corrected chi connectivity index (χ1v) is 14.2. The fourth-order valence-electron chi connectivity index (χ4n) is 6.64. The number of rotatable bonds is 9. The van der Waals surface area contributed by atoms with Crippen molar-refractivity contribution >= 4 is 17.5 Å². The highest BCUT2D eigenvalue weighted by molar-refractivity contribution is 5.85. The van der Waals surface area contributed by atoms with E-state index in [9.17, 15) is 14.4 Å². The molecule has 3 N–H and O–H groups in total. The van der Waals surface area contributed by atoms with Crippen molar-refractivity contribution in [3.63, 3.8) is 0 Å². The minimum absolute atomic E-state index is 0.149. The molecule has 2 aromatic carbocycles. The van der Waals surface area contributed by atoms with Gasteiger partial charge in [-0.15, -0.1) is 0 Å². The number of anilines is 1. The molecule has 218 valence electrons. The second-order valence-electron chi connectivity index (χ2n) is 11.2. The molecule has 5 unspecified atom stereocenters. The number of methoxy groups -OCH3 is 3. The molecule has 2 bridgehead atoms. The number of nitrogens with one attached hydrogen (secondary N) is 3. The van der Waals surface area contributed by atoms with Crippen LogP contribution in [-0.2, 0) is 16.0 Å². The third-order valence-corrected chi connectivity index (χ3v) is 8.64. The Balaban J connectivity index is 1.49. The summed E-state index contributed by atoms with van der Waals surface area (Å²) in [4.78, 5) is 38.7. The predicted molar refractivity (Wildman–Crippen MR) is 158 cm³/mol. The van der Waals surface area contributed by atoms with Crippen molar-refractivity contribution in [3.05, 3.63) is 57.8 Å². The first-order chi connectivity index (χ1) is 19.7. The van der Waals surface area contributed by atoms with Gasteiger partial charge in [-0.1, -0.05) is 18.2 Å². The molecule has 1 saturated carbocycles. The zero-order chi connectivity index (χ0) is 29.3. The van der Waals surface area contributed by atoms with Crippen LogP contribution >= 0.6 is 0 Å². The lowest BCUT2D eigenvalue weighted by Crippen LogP contribution is -2.41. The molecular formula is C32H39N3O6. The Kier molecular flexibility index (Phi) is 8.24. The van der Waals surface area contributed by atoms with Crippen LogP contribution in [0.15, 0.2) is 41.2 Å². The second kappa shape index (κ2) is 11.8. The summed E-state index contributed by atoms with van der Waals surface area (Å²) < 4.78 is 17.1. The number of hydrogen-bond acceptors (Lipinski definition) is 7. The molecule has 1 fully saturated rings. The van der Waals surface area contributed by atoms with E-state index in [1.165, 1.54) is 13.3 Å². The molecule has 0 aromatic heterocycles. The molecule has 3 aliphatic carbocycles. The predicted octanol–water partition coefficient (Wildman–Crippen LogP) is 3.99. The summed E-state index contributed by atoms with van der Waals surface area (Å²) in [5, 5.41) is 9.21. The average molecular weight is 562 g/mol. The molecule has 2 amide bonds. The normalized spacial score (nSPS) is 22.6. The summed E-state index contributed by atoms with van der Waals surface area (Å²) in [5.74, 6) is 2.80. The van der Waals surface area contributed by atoms with E-state index < -0.39 is 12.1 Å². The minimum Gasteiger partial charge on any atom is -0.493 e. The number of amides is 2. The first-order valence-electron chi connectivity index (χ1n) is 14.2. The zero-order valence-electron chi connectivity index (χ0n) is 24.3. The number of benzene rings is 1. The smallest absolute Gasteiger partial charge is 0.242 e. The molecule has 9 heteroatoms. The highest BCUT2D eigenvalue weighted by Crippen LogP contribution is 2.50. The molecule has 9 nitrogen and oxygen atoms in total. The van der Waals surface area contributed by atoms with E-state index in [4.69, 9.17) is 14.2 Å². The monoisotopic (exact) mass is 561 g/mol. The van der Waals surface area contributed by atoms with Crippen molar-refractivity contribution in [1.29, 1.82) is 0 Å². The van der Waals surface area contributed by atoms with Gasteiger partial charge in [-0.2, -0.15) is 0 Å². The Bertz CT molecular complexity index is 1440. The average Bonchev–Trinajstić information content (AvgIpc) is 3.51. The molecule has 5 atom stereocenters. The van der Waals surface area contributed by atoms with Gasteiger partial charge in [0, 0.05) is 19.0 Å². The third kappa shape index (κ3) is 5.62. The maximum absolute atomic E-state index is 13.5. The third-order valence-electron chi connectivity index (χ3n) is 8.64. The van der Waals surface area contributed by atoms with Crippen LogP contribution in [0.5, 0.6) is 17.2 Å². The van der Waals surface area contributed by atoms with Gasteiger partial charge in [-0.25, -0.2) is 0 Å². The van der Waals surface area contributed by atoms with Crippen LogP contribution in [0.4, 0.5) is 5.69 Å². The van der Waals surface area contributed by atoms with Gasteiger partial charge in [-0.3, -0.25) is 14.4 Å². The topological polar surface area (TPSA) is 115 Å². The van der Waals surface area contributed by atoms with E-state index in [1.807, 2.05) is 12.1 Å². The van der Waals surface area contributed by atoms with Crippen LogP contribution < -0.4 is 35.6 Å². The van der Waals surface area contributed by atoms with Gasteiger partial charge in [0.2, 0.25) is 23.0 Å². The number of carbonyl (C=O) groups is 2. The molecule has 5 rings (SSSR count). The fraction of sp³-hybridized carbons (Fsp3) is 0.469. The van der Waals surface area contributed by atoms with Crippen molar-refractivity contribution in [1.82, 2.24) is 10.6 Å². The molecule has 0 heterocycles. The van der Waals surface area contributed by atoms with Crippen LogP contribution in [0.3, 0.4) is 0 Å². The molecule has 0 saturated heterocycles. The number of carbonyl (C=O) groups excluding carboxylic acids is 2. The summed E-state index contributed by atoms with van der Waals surface area (Å²) >= 11 is 0. The Morgan fingerprint density at radius 1 is 1.02 bits per heavy atom. The van der Waals surface area contributed by atoms with Crippen LogP contribution in [0.1, 0.15) is 50.3 Å². The van der Waals surface area contributed by atoms with E-state index in [0.29, 0.717) is 65.6 Å². The SMILES string of the molecule is COc1cc2c(c(OC)c1OC)-c1ccc(NC(C)C(=O)NCC3CC4C=CC3C4)c(=O)cc1C(NC(C)=O)CC2. The van der Waals surface area contributed by atoms with Gasteiger partial charge in [-0.05, 0) is 85.3 Å². The summed E-state index contributed by atoms with van der Waals surface area (Å²) in [6.45, 7) is 3.85. The highest BCUT2D eigenvalue weighted by atomic mass is 16.5. The molecule has 0 radical (unpaired) electrons. The lowest BCUT2D eigenvalue weighted by molar-refractivity contribution is -0.122. The van der Waals surface area contributed by atoms with E-state index in [2.05, 4.69) is 28.1 Å². The quantitative estimate of drug-likeness (QED) is 0.397. The zero-order valence-corrected chi connectivity index (χ0v) is 24.3. The molecule has 0 spiro atoms. The molecule has 41 heavy (non-hydrogen) atoms. The van der Waals surface area contributed by atoms with E-state index >= 15 is 0 Å². The van der Waals surface area contributed by atoms with Crippen molar-refractivity contribution in [2.45, 2.75) is 51.6 Å². The van der Waals surface area contributed by atoms with E-state index in [-0.39, 0.29) is 17.2 Å². The minimum atomic E-state index is -0.614. The Morgan fingerprint density at radius 2 is 1.80 bits per heavy atom. The Hall–Kier alpha value is -4.01. The molecule has 2 aromatic rings. The van der Waals surface area contributed by atoms with Gasteiger partial charge in [0.1, 0.15) is 6.04 Å². The number of allylic oxidation sites excluding steroid dienone is 2. The number of aryl methyl sites for hydroxylation is 1. The van der Waals surface area contributed by atoms with E-state index in [0.717, 1.165) is 23.1 Å². The molecule has 3 aliphatic rings. The Morgan fingerprint density at radius 3 is 2.44 bits per heavy atom. The number of hydrogen-bond donors (Lipinski definition) is 3. The van der Waals surface area contributed by atoms with Crippen LogP contribution in [-0.4, -0.2) is 45.7 Å². The Labute approximate surface area is 240 Å². The summed E-state index contributed by atoms with van der Waals surface area (Å²) in [7, 11) is 4.69. The maximum Gasteiger partial charge on any atom is 0.242 e. The van der Waals surface area contributed by atoms with Crippen molar-refractivity contribution in [3.8, 4) is 28.4 Å². The lowest BCUT2D eigenvalue weighted by Gasteiger charge is -2.20. The largest absolute Gasteiger partial charge is 0.493 e. The van der Waals surface area contributed by atoms with Gasteiger partial charge >= 0.3 is 0 Å². The van der Waals surface area contributed by atoms with Crippen molar-refractivity contribution in [2.24, 2.45) is 17.8 Å². The maximum atomic E-state index is 13.5. The number of ether oxygens (including phenoxy) is 3. The summed E-state index contributed by atoms with van der Waals surface area (Å²) in [5.41, 5.74) is 3.16. The van der Waals surface area contributed by atoms with Gasteiger partial charge in [0.05, 0.1) is 33.1 Å². The lowest BCUT2D eigenvalue weighted by atomic mass is 9.93. The van der Waals surface area contributed by atoms with Gasteiger partial charge in [0.25, 0.3) is 0 Å². The van der Waals surface area contributed by atoms with Crippen LogP contribution in [0.2, 0.25) is 0 Å². The van der Waals surface area contributed by atoms with Gasteiger partial charge in [0.15, 0.2) is 11.5 Å². The summed E-state index contributed by atoms with van der Waals surface area (Å²) in [6.07, 6.45) is 8.05. The first kappa shape index (κ1) is 28.5. The standard InChI is InChI=1S/C32H39N3O6/c1-17(32(38)33-16-22-13-19-6-7-20(22)12-19)34-26-11-9-23-24(15-27(26)37)25(35-18(2)36)10-8-21-14-28(39-3)30(40-4)31(41-5)29(21)23/h6-7,9,11,14-15,17,19-20,22,25H,8,10,12-13,16H2,1-5H3,(H,33,38)(H,34,37)(H,35,36). The highest BCUT2D eigenvalue weighted by Gasteiger charge is 2.36. The summed E-state index contributed by atoms with van der Waals surface area (Å²) in [6, 6.07) is 5.99. The van der Waals surface area contributed by atoms with Crippen molar-refractivity contribution in [2.75, 3.05) is 33.2 Å². The molecule has 0 aliphatic heterocycles. The van der Waals surface area contributed by atoms with Gasteiger partial charge < -0.3 is 30.2 Å². The van der Waals surface area contributed by atoms with Crippen LogP contribution in [0, 0.1) is 17.8 Å². The van der Waals surface area contributed by atoms with E-state index in [1.54, 1.807) is 40.4 Å². The number of fused-ring (bicyclic) bond motifs is 5.